The SMILES string of the molecule is CON=C(CSc1ccc(OC)cc1)c1ccc(Cl)cc1. The zero-order chi connectivity index (χ0) is 15.1. The van der Waals surface area contributed by atoms with Crippen LogP contribution in [0.5, 0.6) is 5.75 Å². The molecule has 0 aliphatic heterocycles. The maximum atomic E-state index is 5.91. The van der Waals surface area contributed by atoms with Gasteiger partial charge in [-0.2, -0.15) is 0 Å². The number of oxime groups is 1. The second-order valence-corrected chi connectivity index (χ2v) is 5.68. The van der Waals surface area contributed by atoms with Crippen LogP contribution in [0.25, 0.3) is 0 Å². The first-order valence-corrected chi connectivity index (χ1v) is 7.72. The summed E-state index contributed by atoms with van der Waals surface area (Å²) in [5, 5.41) is 4.81. The van der Waals surface area contributed by atoms with E-state index in [-0.39, 0.29) is 0 Å². The van der Waals surface area contributed by atoms with Crippen LogP contribution in [0.3, 0.4) is 0 Å². The Balaban J connectivity index is 2.06. The predicted molar refractivity (Wildman–Crippen MR) is 88.7 cm³/mol. The Kier molecular flexibility index (Phi) is 5.96. The van der Waals surface area contributed by atoms with Crippen molar-refractivity contribution in [3.8, 4) is 5.75 Å². The van der Waals surface area contributed by atoms with Gasteiger partial charge in [-0.25, -0.2) is 0 Å². The summed E-state index contributed by atoms with van der Waals surface area (Å²) in [7, 11) is 3.21. The molecule has 0 aliphatic rings. The Hall–Kier alpha value is -1.65. The van der Waals surface area contributed by atoms with Gasteiger partial charge >= 0.3 is 0 Å². The van der Waals surface area contributed by atoms with Crippen LogP contribution < -0.4 is 4.74 Å². The number of hydrogen-bond donors (Lipinski definition) is 0. The third kappa shape index (κ3) is 4.69. The summed E-state index contributed by atoms with van der Waals surface area (Å²) in [5.74, 6) is 1.56. The Morgan fingerprint density at radius 3 is 2.29 bits per heavy atom. The summed E-state index contributed by atoms with van der Waals surface area (Å²) in [6.45, 7) is 0. The lowest BCUT2D eigenvalue weighted by atomic mass is 10.1. The van der Waals surface area contributed by atoms with Crippen LogP contribution in [-0.4, -0.2) is 25.7 Å². The maximum Gasteiger partial charge on any atom is 0.118 e. The summed E-state index contributed by atoms with van der Waals surface area (Å²) < 4.78 is 5.15. The van der Waals surface area contributed by atoms with Crippen LogP contribution in [0.4, 0.5) is 0 Å². The van der Waals surface area contributed by atoms with E-state index in [1.807, 2.05) is 48.5 Å². The van der Waals surface area contributed by atoms with Crippen molar-refractivity contribution in [1.29, 1.82) is 0 Å². The minimum absolute atomic E-state index is 0.707. The lowest BCUT2D eigenvalue weighted by Gasteiger charge is -2.07. The molecule has 3 nitrogen and oxygen atoms in total. The third-order valence-corrected chi connectivity index (χ3v) is 4.09. The monoisotopic (exact) mass is 321 g/mol. The number of methoxy groups -OCH3 is 1. The highest BCUT2D eigenvalue weighted by Gasteiger charge is 2.06. The molecule has 0 heterocycles. The van der Waals surface area contributed by atoms with Gasteiger partial charge in [0.25, 0.3) is 0 Å². The van der Waals surface area contributed by atoms with Gasteiger partial charge in [-0.1, -0.05) is 28.9 Å². The first-order chi connectivity index (χ1) is 10.2. The number of hydrogen-bond acceptors (Lipinski definition) is 4. The van der Waals surface area contributed by atoms with E-state index in [0.717, 1.165) is 21.9 Å². The summed E-state index contributed by atoms with van der Waals surface area (Å²) in [5.41, 5.74) is 1.87. The topological polar surface area (TPSA) is 30.8 Å². The zero-order valence-corrected chi connectivity index (χ0v) is 13.4. The third-order valence-electron chi connectivity index (χ3n) is 2.81. The second kappa shape index (κ2) is 7.96. The molecule has 0 unspecified atom stereocenters. The second-order valence-electron chi connectivity index (χ2n) is 4.19. The largest absolute Gasteiger partial charge is 0.497 e. The number of ether oxygens (including phenoxy) is 1. The molecule has 0 amide bonds. The van der Waals surface area contributed by atoms with Gasteiger partial charge in [-0.05, 0) is 36.4 Å². The van der Waals surface area contributed by atoms with Crippen molar-refractivity contribution in [3.63, 3.8) is 0 Å². The molecule has 0 fully saturated rings. The van der Waals surface area contributed by atoms with Crippen molar-refractivity contribution < 1.29 is 9.57 Å². The Morgan fingerprint density at radius 1 is 1.05 bits per heavy atom. The molecule has 0 radical (unpaired) electrons. The molecule has 110 valence electrons. The Morgan fingerprint density at radius 2 is 1.71 bits per heavy atom. The van der Waals surface area contributed by atoms with Gasteiger partial charge in [0.1, 0.15) is 12.9 Å². The van der Waals surface area contributed by atoms with E-state index in [2.05, 4.69) is 5.16 Å². The molecule has 5 heteroatoms. The molecular weight excluding hydrogens is 306 g/mol. The first kappa shape index (κ1) is 15.7. The van der Waals surface area contributed by atoms with E-state index in [0.29, 0.717) is 10.8 Å². The van der Waals surface area contributed by atoms with Crippen molar-refractivity contribution in [2.24, 2.45) is 5.16 Å². The fraction of sp³-hybridized carbons (Fsp3) is 0.188. The first-order valence-electron chi connectivity index (χ1n) is 6.35. The van der Waals surface area contributed by atoms with Crippen LogP contribution in [0.2, 0.25) is 5.02 Å². The number of rotatable bonds is 6. The van der Waals surface area contributed by atoms with Crippen LogP contribution in [-0.2, 0) is 4.84 Å². The number of halogens is 1. The average molecular weight is 322 g/mol. The molecule has 0 bridgehead atoms. The minimum atomic E-state index is 0.707. The molecule has 0 aliphatic carbocycles. The van der Waals surface area contributed by atoms with E-state index >= 15 is 0 Å². The summed E-state index contributed by atoms with van der Waals surface area (Å²) in [6.07, 6.45) is 0. The molecule has 0 saturated heterocycles. The minimum Gasteiger partial charge on any atom is -0.497 e. The van der Waals surface area contributed by atoms with Crippen molar-refractivity contribution in [1.82, 2.24) is 0 Å². The smallest absolute Gasteiger partial charge is 0.118 e. The molecule has 21 heavy (non-hydrogen) atoms. The average Bonchev–Trinajstić information content (AvgIpc) is 2.53. The highest BCUT2D eigenvalue weighted by atomic mass is 35.5. The van der Waals surface area contributed by atoms with Gasteiger partial charge in [-0.15, -0.1) is 11.8 Å². The van der Waals surface area contributed by atoms with Gasteiger partial charge in [0.05, 0.1) is 12.8 Å². The quantitative estimate of drug-likeness (QED) is 0.446. The van der Waals surface area contributed by atoms with E-state index in [9.17, 15) is 0 Å². The van der Waals surface area contributed by atoms with Crippen LogP contribution >= 0.6 is 23.4 Å². The Labute approximate surface area is 133 Å². The normalized spacial score (nSPS) is 11.3. The van der Waals surface area contributed by atoms with Gasteiger partial charge < -0.3 is 9.57 Å². The fourth-order valence-corrected chi connectivity index (χ4v) is 2.72. The van der Waals surface area contributed by atoms with Crippen molar-refractivity contribution in [3.05, 3.63) is 59.1 Å². The van der Waals surface area contributed by atoms with E-state index in [1.165, 1.54) is 0 Å². The van der Waals surface area contributed by atoms with Gasteiger partial charge in [-0.3, -0.25) is 0 Å². The zero-order valence-electron chi connectivity index (χ0n) is 11.9. The number of nitrogens with zero attached hydrogens (tertiary/aromatic N) is 1. The highest BCUT2D eigenvalue weighted by molar-refractivity contribution is 8.00. The molecule has 2 aromatic carbocycles. The summed E-state index contributed by atoms with van der Waals surface area (Å²) in [6, 6.07) is 15.5. The maximum absolute atomic E-state index is 5.91. The van der Waals surface area contributed by atoms with E-state index < -0.39 is 0 Å². The van der Waals surface area contributed by atoms with Crippen LogP contribution in [0, 0.1) is 0 Å². The Bertz CT molecular complexity index is 597. The summed E-state index contributed by atoms with van der Waals surface area (Å²) in [4.78, 5) is 6.08. The lowest BCUT2D eigenvalue weighted by molar-refractivity contribution is 0.213. The van der Waals surface area contributed by atoms with Crippen LogP contribution in [0.1, 0.15) is 5.56 Å². The number of benzene rings is 2. The van der Waals surface area contributed by atoms with E-state index in [4.69, 9.17) is 21.2 Å². The molecule has 0 N–H and O–H groups in total. The fourth-order valence-electron chi connectivity index (χ4n) is 1.74. The molecule has 2 rings (SSSR count). The molecule has 2 aromatic rings. The van der Waals surface area contributed by atoms with Gasteiger partial charge in [0.2, 0.25) is 0 Å². The lowest BCUT2D eigenvalue weighted by Crippen LogP contribution is -2.05. The molecule has 0 atom stereocenters. The highest BCUT2D eigenvalue weighted by Crippen LogP contribution is 2.23. The number of thioether (sulfide) groups is 1. The van der Waals surface area contributed by atoms with E-state index in [1.54, 1.807) is 26.0 Å². The molecule has 0 saturated carbocycles. The van der Waals surface area contributed by atoms with Gasteiger partial charge in [0, 0.05) is 21.2 Å². The van der Waals surface area contributed by atoms with Crippen molar-refractivity contribution in [2.75, 3.05) is 20.0 Å². The summed E-state index contributed by atoms with van der Waals surface area (Å²) >= 11 is 7.59. The van der Waals surface area contributed by atoms with Crippen LogP contribution in [0.15, 0.2) is 58.6 Å². The standard InChI is InChI=1S/C16H16ClNO2S/c1-19-14-7-9-15(10-8-14)21-11-16(18-20-2)12-3-5-13(17)6-4-12/h3-10H,11H2,1-2H3. The van der Waals surface area contributed by atoms with Crippen molar-refractivity contribution >= 4 is 29.1 Å². The molecule has 0 spiro atoms. The molecule has 0 aromatic heterocycles. The molecular formula is C16H16ClNO2S. The predicted octanol–water partition coefficient (Wildman–Crippen LogP) is 4.49. The van der Waals surface area contributed by atoms with Gasteiger partial charge in [0.15, 0.2) is 0 Å². The van der Waals surface area contributed by atoms with Crippen molar-refractivity contribution in [2.45, 2.75) is 4.90 Å².